The Kier molecular flexibility index (Phi) is 5.50. The van der Waals surface area contributed by atoms with E-state index in [9.17, 15) is 4.79 Å². The minimum Gasteiger partial charge on any atom is -0.391 e. The second-order valence-electron chi connectivity index (χ2n) is 11.4. The molecule has 4 aliphatic carbocycles. The van der Waals surface area contributed by atoms with Crippen molar-refractivity contribution in [1.82, 2.24) is 5.32 Å². The lowest BCUT2D eigenvalue weighted by molar-refractivity contribution is -0.149. The minimum absolute atomic E-state index is 0.0687. The number of hydrogen-bond donors (Lipinski definition) is 1. The van der Waals surface area contributed by atoms with E-state index in [-0.39, 0.29) is 11.5 Å². The van der Waals surface area contributed by atoms with Crippen molar-refractivity contribution in [2.75, 3.05) is 26.8 Å². The van der Waals surface area contributed by atoms with Gasteiger partial charge in [-0.15, -0.1) is 0 Å². The number of ketones is 1. The Morgan fingerprint density at radius 2 is 2.00 bits per heavy atom. The van der Waals surface area contributed by atoms with E-state index in [4.69, 9.17) is 9.57 Å². The Bertz CT molecular complexity index is 703. The summed E-state index contributed by atoms with van der Waals surface area (Å²) in [5.41, 5.74) is 1.58. The second-order valence-corrected chi connectivity index (χ2v) is 11.4. The van der Waals surface area contributed by atoms with Crippen molar-refractivity contribution in [3.05, 3.63) is 0 Å². The zero-order valence-electron chi connectivity index (χ0n) is 19.1. The van der Waals surface area contributed by atoms with Crippen LogP contribution in [0.25, 0.3) is 0 Å². The van der Waals surface area contributed by atoms with Crippen LogP contribution in [0.15, 0.2) is 5.16 Å². The minimum atomic E-state index is -0.0687. The van der Waals surface area contributed by atoms with Crippen LogP contribution in [0.4, 0.5) is 0 Å². The largest absolute Gasteiger partial charge is 0.391 e. The number of Topliss-reactive ketones (excluding diaryl/α,β-unsaturated/α-hetero) is 1. The van der Waals surface area contributed by atoms with Gasteiger partial charge in [-0.2, -0.15) is 0 Å². The smallest absolute Gasteiger partial charge is 0.141 e. The molecule has 5 fully saturated rings. The van der Waals surface area contributed by atoms with Crippen molar-refractivity contribution in [3.63, 3.8) is 0 Å². The molecular formula is C25H40N2O3. The summed E-state index contributed by atoms with van der Waals surface area (Å²) in [5.74, 6) is 3.71. The van der Waals surface area contributed by atoms with Gasteiger partial charge in [-0.1, -0.05) is 19.0 Å². The molecule has 0 aromatic carbocycles. The van der Waals surface area contributed by atoms with E-state index in [0.29, 0.717) is 34.9 Å². The molecule has 30 heavy (non-hydrogen) atoms. The lowest BCUT2D eigenvalue weighted by Gasteiger charge is -2.62. The summed E-state index contributed by atoms with van der Waals surface area (Å²) in [6, 6.07) is 0. The van der Waals surface area contributed by atoms with Gasteiger partial charge in [0.05, 0.1) is 5.71 Å². The first-order chi connectivity index (χ1) is 14.5. The highest BCUT2D eigenvalue weighted by atomic mass is 16.6. The molecule has 0 bridgehead atoms. The molecule has 0 spiro atoms. The van der Waals surface area contributed by atoms with Crippen LogP contribution in [0, 0.1) is 40.4 Å². The Morgan fingerprint density at radius 3 is 2.77 bits per heavy atom. The summed E-state index contributed by atoms with van der Waals surface area (Å²) in [6.07, 6.45) is 10.1. The number of nitrogens with one attached hydrogen (secondary N) is 1. The van der Waals surface area contributed by atoms with E-state index in [0.717, 1.165) is 64.1 Å². The zero-order valence-corrected chi connectivity index (χ0v) is 19.1. The summed E-state index contributed by atoms with van der Waals surface area (Å²) < 4.78 is 5.75. The van der Waals surface area contributed by atoms with Crippen molar-refractivity contribution in [2.45, 2.75) is 77.7 Å². The molecule has 8 atom stereocenters. The number of rotatable bonds is 4. The standard InChI is InChI=1S/C25H40N2O3/c1-24-9-6-18(27-30-19-8-11-26-14-19)13-17(24)12-16(15-29-3)23-20-4-5-22(28)25(20,2)10-7-21(23)24/h16-17,19-21,23,26H,4-15H2,1-3H3/t16-,17?,19+,20-,21-,23-,24-,25-/m0/s1. The Balaban J connectivity index is 1.37. The number of nitrogens with zero attached hydrogens (tertiary/aromatic N) is 1. The van der Waals surface area contributed by atoms with Gasteiger partial charge in [0.25, 0.3) is 0 Å². The summed E-state index contributed by atoms with van der Waals surface area (Å²) in [5, 5.41) is 7.99. The van der Waals surface area contributed by atoms with Crippen LogP contribution >= 0.6 is 0 Å². The fourth-order valence-corrected chi connectivity index (χ4v) is 8.34. The fourth-order valence-electron chi connectivity index (χ4n) is 8.34. The zero-order chi connectivity index (χ0) is 20.9. The van der Waals surface area contributed by atoms with Crippen LogP contribution in [0.5, 0.6) is 0 Å². The Labute approximate surface area is 181 Å². The fraction of sp³-hybridized carbons (Fsp3) is 0.920. The molecule has 1 saturated heterocycles. The highest BCUT2D eigenvalue weighted by molar-refractivity contribution is 5.87. The summed E-state index contributed by atoms with van der Waals surface area (Å²) in [4.78, 5) is 18.7. The first-order valence-electron chi connectivity index (χ1n) is 12.4. The molecule has 168 valence electrons. The molecule has 5 heteroatoms. The van der Waals surface area contributed by atoms with Gasteiger partial charge in [-0.3, -0.25) is 4.79 Å². The van der Waals surface area contributed by atoms with E-state index < -0.39 is 0 Å². The molecule has 1 aliphatic heterocycles. The lowest BCUT2D eigenvalue weighted by Crippen LogP contribution is -2.57. The van der Waals surface area contributed by atoms with Crippen molar-refractivity contribution < 1.29 is 14.4 Å². The molecule has 5 nitrogen and oxygen atoms in total. The molecule has 0 aromatic rings. The molecule has 5 aliphatic rings. The number of carbonyl (C=O) groups excluding carboxylic acids is 1. The van der Waals surface area contributed by atoms with Crippen molar-refractivity contribution in [3.8, 4) is 0 Å². The van der Waals surface area contributed by atoms with Crippen LogP contribution in [-0.2, 0) is 14.4 Å². The van der Waals surface area contributed by atoms with Crippen molar-refractivity contribution >= 4 is 11.5 Å². The van der Waals surface area contributed by atoms with E-state index in [1.807, 2.05) is 7.11 Å². The summed E-state index contributed by atoms with van der Waals surface area (Å²) >= 11 is 0. The molecule has 0 amide bonds. The Hall–Kier alpha value is -0.940. The lowest BCUT2D eigenvalue weighted by atomic mass is 9.43. The van der Waals surface area contributed by atoms with E-state index >= 15 is 0 Å². The predicted octanol–water partition coefficient (Wildman–Crippen LogP) is 4.21. The maximum absolute atomic E-state index is 12.8. The van der Waals surface area contributed by atoms with Gasteiger partial charge < -0.3 is 14.9 Å². The van der Waals surface area contributed by atoms with Crippen LogP contribution in [-0.4, -0.2) is 44.4 Å². The number of oxime groups is 1. The number of fused-ring (bicyclic) bond motifs is 5. The highest BCUT2D eigenvalue weighted by Crippen LogP contribution is 2.66. The first kappa shape index (κ1) is 20.9. The van der Waals surface area contributed by atoms with Gasteiger partial charge in [0.15, 0.2) is 0 Å². The second kappa shape index (κ2) is 7.88. The van der Waals surface area contributed by atoms with E-state index in [1.165, 1.54) is 25.0 Å². The van der Waals surface area contributed by atoms with E-state index in [2.05, 4.69) is 24.3 Å². The molecular weight excluding hydrogens is 376 g/mol. The molecule has 5 rings (SSSR count). The average Bonchev–Trinajstić information content (AvgIpc) is 3.35. The molecule has 1 heterocycles. The maximum Gasteiger partial charge on any atom is 0.141 e. The predicted molar refractivity (Wildman–Crippen MR) is 117 cm³/mol. The third-order valence-corrected chi connectivity index (χ3v) is 10.1. The van der Waals surface area contributed by atoms with Gasteiger partial charge in [0, 0.05) is 38.5 Å². The quantitative estimate of drug-likeness (QED) is 0.698. The van der Waals surface area contributed by atoms with Gasteiger partial charge in [0.1, 0.15) is 11.9 Å². The molecule has 1 N–H and O–H groups in total. The van der Waals surface area contributed by atoms with Crippen LogP contribution in [0.3, 0.4) is 0 Å². The van der Waals surface area contributed by atoms with Gasteiger partial charge in [-0.25, -0.2) is 0 Å². The van der Waals surface area contributed by atoms with Crippen LogP contribution in [0.2, 0.25) is 0 Å². The van der Waals surface area contributed by atoms with Crippen LogP contribution in [0.1, 0.15) is 71.6 Å². The van der Waals surface area contributed by atoms with Crippen molar-refractivity contribution in [2.24, 2.45) is 45.6 Å². The SMILES string of the molecule is COC[C@@H]1CC2CC(=NO[C@@H]3CCNC3)CC[C@]2(C)[C@H]2CC[C@]3(C)C(=O)CC[C@H]3[C@H]12. The molecule has 1 unspecified atom stereocenters. The van der Waals surface area contributed by atoms with Gasteiger partial charge in [-0.05, 0) is 86.5 Å². The topological polar surface area (TPSA) is 59.9 Å². The first-order valence-corrected chi connectivity index (χ1v) is 12.4. The monoisotopic (exact) mass is 416 g/mol. The number of ether oxygens (including phenoxy) is 1. The van der Waals surface area contributed by atoms with Gasteiger partial charge in [0.2, 0.25) is 0 Å². The van der Waals surface area contributed by atoms with Crippen molar-refractivity contribution in [1.29, 1.82) is 0 Å². The normalized spacial score (nSPS) is 49.6. The molecule has 0 radical (unpaired) electrons. The van der Waals surface area contributed by atoms with Crippen LogP contribution < -0.4 is 5.32 Å². The number of methoxy groups -OCH3 is 1. The third-order valence-electron chi connectivity index (χ3n) is 10.1. The molecule has 0 aromatic heterocycles. The van der Waals surface area contributed by atoms with E-state index in [1.54, 1.807) is 0 Å². The van der Waals surface area contributed by atoms with Gasteiger partial charge >= 0.3 is 0 Å². The Morgan fingerprint density at radius 1 is 1.13 bits per heavy atom. The third kappa shape index (κ3) is 3.26. The number of hydrogen-bond acceptors (Lipinski definition) is 5. The average molecular weight is 417 g/mol. The highest BCUT2D eigenvalue weighted by Gasteiger charge is 2.62. The molecule has 4 saturated carbocycles. The maximum atomic E-state index is 12.8. The summed E-state index contributed by atoms with van der Waals surface area (Å²) in [6.45, 7) is 7.65. The number of carbonyl (C=O) groups is 1. The summed E-state index contributed by atoms with van der Waals surface area (Å²) in [7, 11) is 1.85.